The molecule has 0 radical (unpaired) electrons. The molecule has 0 aliphatic heterocycles. The highest BCUT2D eigenvalue weighted by molar-refractivity contribution is 14.1. The molecule has 0 saturated carbocycles. The zero-order chi connectivity index (χ0) is 18.8. The molecule has 25 heavy (non-hydrogen) atoms. The molecule has 0 bridgehead atoms. The van der Waals surface area contributed by atoms with Crippen LogP contribution in [0.25, 0.3) is 5.69 Å². The van der Waals surface area contributed by atoms with Gasteiger partial charge in [-0.15, -0.1) is 0 Å². The lowest BCUT2D eigenvalue weighted by Crippen LogP contribution is -2.25. The number of anilines is 1. The topological polar surface area (TPSA) is 83.5 Å². The number of carbonyl (C=O) groups is 2. The number of halogens is 1. The molecule has 0 amide bonds. The van der Waals surface area contributed by atoms with Crippen LogP contribution in [0.3, 0.4) is 0 Å². The predicted octanol–water partition coefficient (Wildman–Crippen LogP) is 3.80. The molecule has 1 heterocycles. The molecule has 1 aromatic heterocycles. The van der Waals surface area contributed by atoms with Crippen LogP contribution in [-0.4, -0.2) is 28.7 Å². The summed E-state index contributed by atoms with van der Waals surface area (Å²) in [7, 11) is 0. The minimum atomic E-state index is -0.686. The maximum Gasteiger partial charge on any atom is 0.358 e. The van der Waals surface area contributed by atoms with Crippen molar-refractivity contribution in [2.75, 3.05) is 12.3 Å². The zero-order valence-corrected chi connectivity index (χ0v) is 16.8. The van der Waals surface area contributed by atoms with Gasteiger partial charge in [-0.1, -0.05) is 0 Å². The number of hydrogen-bond donors (Lipinski definition) is 1. The third-order valence-electron chi connectivity index (χ3n) is 3.24. The summed E-state index contributed by atoms with van der Waals surface area (Å²) in [5, 5.41) is 0. The quantitative estimate of drug-likeness (QED) is 0.559. The average molecular weight is 456 g/mol. The molecule has 7 heteroatoms. The van der Waals surface area contributed by atoms with E-state index in [1.807, 2.05) is 24.3 Å². The fourth-order valence-electron chi connectivity index (χ4n) is 2.23. The highest BCUT2D eigenvalue weighted by atomic mass is 127. The second-order valence-electron chi connectivity index (χ2n) is 6.37. The van der Waals surface area contributed by atoms with Crippen molar-refractivity contribution in [3.05, 3.63) is 45.3 Å². The van der Waals surface area contributed by atoms with Crippen molar-refractivity contribution in [3.63, 3.8) is 0 Å². The van der Waals surface area contributed by atoms with Gasteiger partial charge in [0, 0.05) is 15.5 Å². The van der Waals surface area contributed by atoms with Crippen LogP contribution in [0.4, 0.5) is 5.69 Å². The van der Waals surface area contributed by atoms with Crippen molar-refractivity contribution in [2.45, 2.75) is 33.3 Å². The van der Waals surface area contributed by atoms with E-state index in [0.29, 0.717) is 5.69 Å². The van der Waals surface area contributed by atoms with Gasteiger partial charge in [0.25, 0.3) is 0 Å². The van der Waals surface area contributed by atoms with E-state index in [-0.39, 0.29) is 23.6 Å². The molecule has 0 aliphatic rings. The summed E-state index contributed by atoms with van der Waals surface area (Å²) in [4.78, 5) is 24.8. The van der Waals surface area contributed by atoms with Gasteiger partial charge in [0.2, 0.25) is 0 Å². The number of rotatable bonds is 4. The Balaban J connectivity index is 2.59. The van der Waals surface area contributed by atoms with Crippen molar-refractivity contribution in [1.82, 2.24) is 4.57 Å². The van der Waals surface area contributed by atoms with Gasteiger partial charge in [-0.25, -0.2) is 9.59 Å². The van der Waals surface area contributed by atoms with Crippen LogP contribution in [0, 0.1) is 3.57 Å². The van der Waals surface area contributed by atoms with Gasteiger partial charge >= 0.3 is 11.9 Å². The van der Waals surface area contributed by atoms with E-state index < -0.39 is 17.5 Å². The third-order valence-corrected chi connectivity index (χ3v) is 3.96. The van der Waals surface area contributed by atoms with Crippen LogP contribution >= 0.6 is 22.6 Å². The van der Waals surface area contributed by atoms with Gasteiger partial charge in [-0.05, 0) is 74.6 Å². The maximum atomic E-state index is 12.7. The van der Waals surface area contributed by atoms with Crippen molar-refractivity contribution >= 4 is 40.2 Å². The van der Waals surface area contributed by atoms with E-state index in [1.54, 1.807) is 32.3 Å². The molecule has 1 aromatic carbocycles. The first-order valence-electron chi connectivity index (χ1n) is 7.81. The van der Waals surface area contributed by atoms with E-state index in [0.717, 1.165) is 3.57 Å². The minimum Gasteiger partial charge on any atom is -0.462 e. The lowest BCUT2D eigenvalue weighted by atomic mass is 10.2. The molecule has 0 atom stereocenters. The van der Waals surface area contributed by atoms with Gasteiger partial charge in [-0.3, -0.25) is 0 Å². The first-order chi connectivity index (χ1) is 11.6. The zero-order valence-electron chi connectivity index (χ0n) is 14.6. The van der Waals surface area contributed by atoms with Crippen LogP contribution in [0.5, 0.6) is 0 Å². The molecule has 0 aliphatic carbocycles. The number of aromatic nitrogens is 1. The largest absolute Gasteiger partial charge is 0.462 e. The van der Waals surface area contributed by atoms with E-state index in [4.69, 9.17) is 15.2 Å². The Labute approximate surface area is 160 Å². The van der Waals surface area contributed by atoms with Gasteiger partial charge < -0.3 is 19.8 Å². The molecule has 0 saturated heterocycles. The van der Waals surface area contributed by atoms with Crippen LogP contribution in [0.1, 0.15) is 48.5 Å². The first kappa shape index (κ1) is 19.3. The molecule has 6 nitrogen and oxygen atoms in total. The third kappa shape index (κ3) is 4.53. The summed E-state index contributed by atoms with van der Waals surface area (Å²) in [6.45, 7) is 7.23. The summed E-state index contributed by atoms with van der Waals surface area (Å²) >= 11 is 2.19. The Morgan fingerprint density at radius 2 is 1.76 bits per heavy atom. The normalized spacial score (nSPS) is 11.2. The lowest BCUT2D eigenvalue weighted by molar-refractivity contribution is 0.00618. The summed E-state index contributed by atoms with van der Waals surface area (Å²) in [6.07, 6.45) is 1.51. The SMILES string of the molecule is CCOC(=O)c1cn(-c2ccc(I)cc2)c(C(=O)OC(C)(C)C)c1N. The Morgan fingerprint density at radius 1 is 1.16 bits per heavy atom. The summed E-state index contributed by atoms with van der Waals surface area (Å²) in [5.74, 6) is -1.17. The molecule has 134 valence electrons. The fraction of sp³-hybridized carbons (Fsp3) is 0.333. The number of carbonyl (C=O) groups excluding carboxylic acids is 2. The van der Waals surface area contributed by atoms with Gasteiger partial charge in [0.05, 0.1) is 12.3 Å². The predicted molar refractivity (Wildman–Crippen MR) is 104 cm³/mol. The highest BCUT2D eigenvalue weighted by Gasteiger charge is 2.28. The highest BCUT2D eigenvalue weighted by Crippen LogP contribution is 2.27. The number of benzene rings is 1. The maximum absolute atomic E-state index is 12.7. The second-order valence-corrected chi connectivity index (χ2v) is 7.62. The van der Waals surface area contributed by atoms with Crippen molar-refractivity contribution in [3.8, 4) is 5.69 Å². The molecule has 2 rings (SSSR count). The smallest absolute Gasteiger partial charge is 0.358 e. The Morgan fingerprint density at radius 3 is 2.28 bits per heavy atom. The van der Waals surface area contributed by atoms with Gasteiger partial charge in [0.15, 0.2) is 5.69 Å². The molecule has 0 unspecified atom stereocenters. The first-order valence-corrected chi connectivity index (χ1v) is 8.89. The molecule has 0 spiro atoms. The summed E-state index contributed by atoms with van der Waals surface area (Å²) < 4.78 is 13.1. The standard InChI is InChI=1S/C18H21IN2O4/c1-5-24-16(22)13-10-21(12-8-6-11(19)7-9-12)15(14(13)20)17(23)25-18(2,3)4/h6-10H,5,20H2,1-4H3. The van der Waals surface area contributed by atoms with Crippen LogP contribution in [0.15, 0.2) is 30.5 Å². The molecule has 2 N–H and O–H groups in total. The number of nitrogens with zero attached hydrogens (tertiary/aromatic N) is 1. The van der Waals surface area contributed by atoms with E-state index >= 15 is 0 Å². The summed E-state index contributed by atoms with van der Waals surface area (Å²) in [6, 6.07) is 7.47. The summed E-state index contributed by atoms with van der Waals surface area (Å²) in [5.41, 5.74) is 6.41. The fourth-order valence-corrected chi connectivity index (χ4v) is 2.59. The molecule has 0 fully saturated rings. The second kappa shape index (κ2) is 7.47. The Hall–Kier alpha value is -2.03. The number of nitrogen functional groups attached to an aromatic ring is 1. The number of ether oxygens (including phenoxy) is 2. The average Bonchev–Trinajstić information content (AvgIpc) is 2.84. The molecular weight excluding hydrogens is 435 g/mol. The van der Waals surface area contributed by atoms with E-state index in [2.05, 4.69) is 22.6 Å². The van der Waals surface area contributed by atoms with Crippen LogP contribution in [-0.2, 0) is 9.47 Å². The van der Waals surface area contributed by atoms with Gasteiger partial charge in [-0.2, -0.15) is 0 Å². The number of esters is 2. The van der Waals surface area contributed by atoms with Gasteiger partial charge in [0.1, 0.15) is 11.2 Å². The minimum absolute atomic E-state index is 0.0475. The Bertz CT molecular complexity index is 789. The lowest BCUT2D eigenvalue weighted by Gasteiger charge is -2.20. The molecule has 2 aromatic rings. The number of nitrogens with two attached hydrogens (primary N) is 1. The van der Waals surface area contributed by atoms with Crippen LogP contribution < -0.4 is 5.73 Å². The van der Waals surface area contributed by atoms with E-state index in [1.165, 1.54) is 6.20 Å². The Kier molecular flexibility index (Phi) is 5.76. The van der Waals surface area contributed by atoms with Crippen molar-refractivity contribution in [1.29, 1.82) is 0 Å². The molecular formula is C18H21IN2O4. The monoisotopic (exact) mass is 456 g/mol. The number of hydrogen-bond acceptors (Lipinski definition) is 5. The van der Waals surface area contributed by atoms with E-state index in [9.17, 15) is 9.59 Å². The van der Waals surface area contributed by atoms with Crippen molar-refractivity contribution in [2.24, 2.45) is 0 Å². The van der Waals surface area contributed by atoms with Crippen molar-refractivity contribution < 1.29 is 19.1 Å². The van der Waals surface area contributed by atoms with Crippen LogP contribution in [0.2, 0.25) is 0 Å².